The molecule has 7 heteroatoms. The first-order valence-electron chi connectivity index (χ1n) is 8.80. The van der Waals surface area contributed by atoms with Gasteiger partial charge in [-0.3, -0.25) is 4.79 Å². The first-order valence-corrected chi connectivity index (χ1v) is 8.80. The summed E-state index contributed by atoms with van der Waals surface area (Å²) < 4.78 is 11.1. The second kappa shape index (κ2) is 6.05. The molecule has 1 saturated heterocycles. The number of rotatable bonds is 3. The Morgan fingerprint density at radius 3 is 2.74 bits per heavy atom. The van der Waals surface area contributed by atoms with E-state index in [-0.39, 0.29) is 5.91 Å². The van der Waals surface area contributed by atoms with Crippen LogP contribution >= 0.6 is 0 Å². The molecule has 0 bridgehead atoms. The van der Waals surface area contributed by atoms with Gasteiger partial charge >= 0.3 is 6.03 Å². The van der Waals surface area contributed by atoms with Crippen LogP contribution in [-0.2, 0) is 11.2 Å². The van der Waals surface area contributed by atoms with E-state index in [0.717, 1.165) is 21.4 Å². The van der Waals surface area contributed by atoms with E-state index in [0.29, 0.717) is 36.8 Å². The van der Waals surface area contributed by atoms with Gasteiger partial charge in [0.15, 0.2) is 11.5 Å². The summed E-state index contributed by atoms with van der Waals surface area (Å²) in [7, 11) is 0. The third-order valence-electron chi connectivity index (χ3n) is 4.90. The fourth-order valence-corrected chi connectivity index (χ4v) is 3.61. The van der Waals surface area contributed by atoms with E-state index in [1.165, 1.54) is 0 Å². The third kappa shape index (κ3) is 2.59. The summed E-state index contributed by atoms with van der Waals surface area (Å²) in [5.74, 6) is 0.883. The van der Waals surface area contributed by atoms with E-state index in [9.17, 15) is 9.59 Å². The molecule has 3 amide bonds. The lowest BCUT2D eigenvalue weighted by molar-refractivity contribution is -0.118. The van der Waals surface area contributed by atoms with Gasteiger partial charge < -0.3 is 19.8 Å². The molecule has 2 N–H and O–H groups in total. The Labute approximate surface area is 154 Å². The summed E-state index contributed by atoms with van der Waals surface area (Å²) in [6, 6.07) is 11.9. The van der Waals surface area contributed by atoms with Crippen molar-refractivity contribution in [2.24, 2.45) is 0 Å². The number of nitrogens with one attached hydrogen (secondary N) is 2. The Bertz CT molecular complexity index is 1060. The van der Waals surface area contributed by atoms with Gasteiger partial charge in [-0.05, 0) is 23.8 Å². The average Bonchev–Trinajstić information content (AvgIpc) is 3.22. The molecule has 0 aliphatic carbocycles. The molecule has 0 spiro atoms. The number of benzene rings is 2. The summed E-state index contributed by atoms with van der Waals surface area (Å²) in [4.78, 5) is 29.7. The number of fused-ring (bicyclic) bond motifs is 2. The van der Waals surface area contributed by atoms with Crippen molar-refractivity contribution in [1.29, 1.82) is 0 Å². The quantitative estimate of drug-likeness (QED) is 0.701. The third-order valence-corrected chi connectivity index (χ3v) is 4.90. The van der Waals surface area contributed by atoms with Crippen LogP contribution in [0.4, 0.5) is 10.5 Å². The van der Waals surface area contributed by atoms with Crippen LogP contribution in [0.5, 0.6) is 11.5 Å². The number of carbonyl (C=O) groups is 2. The molecular formula is C20H17N3O4. The molecule has 1 unspecified atom stereocenters. The van der Waals surface area contributed by atoms with Crippen LogP contribution in [0.1, 0.15) is 5.56 Å². The van der Waals surface area contributed by atoms with Crippen molar-refractivity contribution in [2.45, 2.75) is 12.5 Å². The van der Waals surface area contributed by atoms with E-state index in [4.69, 9.17) is 9.47 Å². The van der Waals surface area contributed by atoms with Crippen LogP contribution in [0.25, 0.3) is 10.9 Å². The zero-order chi connectivity index (χ0) is 18.4. The van der Waals surface area contributed by atoms with Gasteiger partial charge in [0.1, 0.15) is 19.3 Å². The number of hydrogen-bond donors (Lipinski definition) is 2. The van der Waals surface area contributed by atoms with Gasteiger partial charge in [0.25, 0.3) is 5.91 Å². The maximum atomic E-state index is 12.9. The topological polar surface area (TPSA) is 83.7 Å². The summed E-state index contributed by atoms with van der Waals surface area (Å²) in [5, 5.41) is 3.84. The first kappa shape index (κ1) is 15.7. The van der Waals surface area contributed by atoms with Gasteiger partial charge in [-0.15, -0.1) is 0 Å². The van der Waals surface area contributed by atoms with E-state index in [1.807, 2.05) is 30.5 Å². The number of amides is 3. The van der Waals surface area contributed by atoms with Crippen molar-refractivity contribution in [3.8, 4) is 11.5 Å². The van der Waals surface area contributed by atoms with Crippen molar-refractivity contribution in [1.82, 2.24) is 10.3 Å². The zero-order valence-electron chi connectivity index (χ0n) is 14.4. The van der Waals surface area contributed by atoms with Gasteiger partial charge in [-0.1, -0.05) is 18.2 Å². The molecule has 1 atom stereocenters. The maximum Gasteiger partial charge on any atom is 0.329 e. The minimum absolute atomic E-state index is 0.276. The number of aromatic amines is 1. The largest absolute Gasteiger partial charge is 0.486 e. The van der Waals surface area contributed by atoms with Crippen LogP contribution in [-0.4, -0.2) is 36.2 Å². The monoisotopic (exact) mass is 363 g/mol. The first-order chi connectivity index (χ1) is 13.2. The lowest BCUT2D eigenvalue weighted by Gasteiger charge is -2.20. The van der Waals surface area contributed by atoms with Crippen molar-refractivity contribution in [3.05, 3.63) is 54.2 Å². The van der Waals surface area contributed by atoms with E-state index < -0.39 is 12.1 Å². The van der Waals surface area contributed by atoms with Crippen LogP contribution in [0, 0.1) is 0 Å². The standard InChI is InChI=1S/C20H17N3O4/c24-19-16(9-12-11-21-15-4-2-1-3-14(12)15)22-20(25)23(19)13-5-6-17-18(10-13)27-8-7-26-17/h1-6,10-11,16,21H,7-9H2,(H,22,25). The molecule has 27 heavy (non-hydrogen) atoms. The fraction of sp³-hybridized carbons (Fsp3) is 0.200. The number of urea groups is 1. The van der Waals surface area contributed by atoms with Gasteiger partial charge in [0.2, 0.25) is 0 Å². The number of ether oxygens (including phenoxy) is 2. The van der Waals surface area contributed by atoms with Crippen molar-refractivity contribution < 1.29 is 19.1 Å². The lowest BCUT2D eigenvalue weighted by Crippen LogP contribution is -2.32. The molecule has 2 aliphatic heterocycles. The van der Waals surface area contributed by atoms with Crippen molar-refractivity contribution in [2.75, 3.05) is 18.1 Å². The SMILES string of the molecule is O=C1NC(Cc2c[nH]c3ccccc23)C(=O)N1c1ccc2c(c1)OCCO2. The number of nitrogens with zero attached hydrogens (tertiary/aromatic N) is 1. The Hall–Kier alpha value is -3.48. The molecule has 0 radical (unpaired) electrons. The lowest BCUT2D eigenvalue weighted by atomic mass is 10.0. The smallest absolute Gasteiger partial charge is 0.329 e. The predicted octanol–water partition coefficient (Wildman–Crippen LogP) is 2.61. The highest BCUT2D eigenvalue weighted by atomic mass is 16.6. The number of anilines is 1. The van der Waals surface area contributed by atoms with Crippen LogP contribution in [0.2, 0.25) is 0 Å². The maximum absolute atomic E-state index is 12.9. The Morgan fingerprint density at radius 1 is 1.04 bits per heavy atom. The van der Waals surface area contributed by atoms with Crippen LogP contribution in [0.3, 0.4) is 0 Å². The number of H-pyrrole nitrogens is 1. The molecule has 2 aromatic carbocycles. The minimum Gasteiger partial charge on any atom is -0.486 e. The number of hydrogen-bond acceptors (Lipinski definition) is 4. The highest BCUT2D eigenvalue weighted by molar-refractivity contribution is 6.21. The molecule has 2 aliphatic rings. The van der Waals surface area contributed by atoms with Crippen LogP contribution in [0.15, 0.2) is 48.7 Å². The Kier molecular flexibility index (Phi) is 3.53. The normalized spacial score (nSPS) is 18.8. The Balaban J connectivity index is 1.42. The number of para-hydroxylation sites is 1. The minimum atomic E-state index is -0.607. The summed E-state index contributed by atoms with van der Waals surface area (Å²) in [5.41, 5.74) is 2.48. The zero-order valence-corrected chi connectivity index (χ0v) is 14.4. The number of imide groups is 1. The molecule has 1 aromatic heterocycles. The van der Waals surface area contributed by atoms with E-state index in [1.54, 1.807) is 18.2 Å². The molecule has 5 rings (SSSR count). The molecule has 7 nitrogen and oxygen atoms in total. The second-order valence-corrected chi connectivity index (χ2v) is 6.57. The van der Waals surface area contributed by atoms with E-state index in [2.05, 4.69) is 10.3 Å². The van der Waals surface area contributed by atoms with Gasteiger partial charge in [0.05, 0.1) is 5.69 Å². The van der Waals surface area contributed by atoms with Gasteiger partial charge in [-0.25, -0.2) is 9.69 Å². The van der Waals surface area contributed by atoms with Crippen molar-refractivity contribution in [3.63, 3.8) is 0 Å². The highest BCUT2D eigenvalue weighted by Gasteiger charge is 2.39. The predicted molar refractivity (Wildman–Crippen MR) is 99.2 cm³/mol. The van der Waals surface area contributed by atoms with E-state index >= 15 is 0 Å². The molecule has 3 heterocycles. The summed E-state index contributed by atoms with van der Waals surface area (Å²) in [6.45, 7) is 0.932. The van der Waals surface area contributed by atoms with Gasteiger partial charge in [-0.2, -0.15) is 0 Å². The second-order valence-electron chi connectivity index (χ2n) is 6.57. The average molecular weight is 363 g/mol. The summed E-state index contributed by atoms with van der Waals surface area (Å²) in [6.07, 6.45) is 2.31. The summed E-state index contributed by atoms with van der Waals surface area (Å²) >= 11 is 0. The molecule has 0 saturated carbocycles. The molecular weight excluding hydrogens is 346 g/mol. The Morgan fingerprint density at radius 2 is 1.85 bits per heavy atom. The number of carbonyl (C=O) groups excluding carboxylic acids is 2. The molecule has 1 fully saturated rings. The van der Waals surface area contributed by atoms with Gasteiger partial charge in [0, 0.05) is 29.6 Å². The molecule has 136 valence electrons. The fourth-order valence-electron chi connectivity index (χ4n) is 3.61. The van der Waals surface area contributed by atoms with Crippen molar-refractivity contribution >= 4 is 28.5 Å². The molecule has 3 aromatic rings. The number of aromatic nitrogens is 1. The highest BCUT2D eigenvalue weighted by Crippen LogP contribution is 2.35. The van der Waals surface area contributed by atoms with Crippen LogP contribution < -0.4 is 19.7 Å².